The third kappa shape index (κ3) is 49.2. The van der Waals surface area contributed by atoms with Crippen molar-refractivity contribution in [2.24, 2.45) is 0 Å². The summed E-state index contributed by atoms with van der Waals surface area (Å²) in [6.45, 7) is 6.34. The van der Waals surface area contributed by atoms with Crippen molar-refractivity contribution >= 4 is 17.9 Å². The molecule has 0 bridgehead atoms. The van der Waals surface area contributed by atoms with Crippen LogP contribution in [0.15, 0.2) is 97.2 Å². The molecule has 6 nitrogen and oxygen atoms in total. The van der Waals surface area contributed by atoms with E-state index in [1.165, 1.54) is 38.5 Å². The zero-order valence-corrected chi connectivity index (χ0v) is 40.8. The lowest BCUT2D eigenvalue weighted by Gasteiger charge is -2.18. The highest BCUT2D eigenvalue weighted by Crippen LogP contribution is 2.13. The minimum Gasteiger partial charge on any atom is -0.462 e. The predicted octanol–water partition coefficient (Wildman–Crippen LogP) is 17.0. The van der Waals surface area contributed by atoms with Gasteiger partial charge in [-0.05, 0) is 116 Å². The maximum absolute atomic E-state index is 12.8. The second kappa shape index (κ2) is 51.0. The number of unbranched alkanes of at least 4 members (excludes halogenated alkanes) is 18. The molecule has 0 saturated carbocycles. The molecule has 358 valence electrons. The maximum Gasteiger partial charge on any atom is 0.306 e. The van der Waals surface area contributed by atoms with Crippen LogP contribution in [0.25, 0.3) is 0 Å². The maximum atomic E-state index is 12.8. The van der Waals surface area contributed by atoms with Crippen molar-refractivity contribution in [3.8, 4) is 0 Å². The molecule has 0 aromatic heterocycles. The summed E-state index contributed by atoms with van der Waals surface area (Å²) in [5.74, 6) is -0.952. The van der Waals surface area contributed by atoms with Gasteiger partial charge >= 0.3 is 17.9 Å². The Balaban J connectivity index is 4.49. The lowest BCUT2D eigenvalue weighted by molar-refractivity contribution is -0.167. The Kier molecular flexibility index (Phi) is 48.0. The molecule has 0 radical (unpaired) electrons. The van der Waals surface area contributed by atoms with E-state index in [1.54, 1.807) is 0 Å². The first kappa shape index (κ1) is 59.3. The van der Waals surface area contributed by atoms with Gasteiger partial charge in [-0.15, -0.1) is 0 Å². The summed E-state index contributed by atoms with van der Waals surface area (Å²) in [6.07, 6.45) is 66.7. The molecule has 0 rings (SSSR count). The molecule has 0 N–H and O–H groups in total. The van der Waals surface area contributed by atoms with Crippen LogP contribution in [0.2, 0.25) is 0 Å². The van der Waals surface area contributed by atoms with Crippen LogP contribution in [0.4, 0.5) is 0 Å². The topological polar surface area (TPSA) is 78.9 Å². The number of ether oxygens (including phenoxy) is 3. The molecule has 1 atom stereocenters. The van der Waals surface area contributed by atoms with Gasteiger partial charge in [-0.25, -0.2) is 0 Å². The summed E-state index contributed by atoms with van der Waals surface area (Å²) in [5, 5.41) is 0. The van der Waals surface area contributed by atoms with Gasteiger partial charge in [0.25, 0.3) is 0 Å². The fourth-order valence-electron chi connectivity index (χ4n) is 6.73. The fourth-order valence-corrected chi connectivity index (χ4v) is 6.73. The van der Waals surface area contributed by atoms with Crippen molar-refractivity contribution in [1.29, 1.82) is 0 Å². The first-order valence-electron chi connectivity index (χ1n) is 25.7. The Bertz CT molecular complexity index is 1280. The number of hydrogen-bond acceptors (Lipinski definition) is 6. The summed E-state index contributed by atoms with van der Waals surface area (Å²) in [5.41, 5.74) is 0. The van der Waals surface area contributed by atoms with Gasteiger partial charge in [0, 0.05) is 19.3 Å². The molecule has 0 aromatic carbocycles. The summed E-state index contributed by atoms with van der Waals surface area (Å²) >= 11 is 0. The van der Waals surface area contributed by atoms with Crippen LogP contribution >= 0.6 is 0 Å². The Hall–Kier alpha value is -3.67. The van der Waals surface area contributed by atoms with Crippen molar-refractivity contribution < 1.29 is 28.6 Å². The first-order chi connectivity index (χ1) is 31.0. The highest BCUT2D eigenvalue weighted by molar-refractivity contribution is 5.71. The highest BCUT2D eigenvalue weighted by atomic mass is 16.6. The zero-order chi connectivity index (χ0) is 45.8. The number of esters is 3. The molecule has 0 aliphatic carbocycles. The fraction of sp³-hybridized carbons (Fsp3) is 0.667. The molecule has 0 fully saturated rings. The van der Waals surface area contributed by atoms with Crippen LogP contribution in [-0.2, 0) is 28.6 Å². The van der Waals surface area contributed by atoms with Crippen molar-refractivity contribution in [1.82, 2.24) is 0 Å². The van der Waals surface area contributed by atoms with E-state index in [-0.39, 0.29) is 31.1 Å². The average Bonchev–Trinajstić information content (AvgIpc) is 3.28. The van der Waals surface area contributed by atoms with Gasteiger partial charge in [0.05, 0.1) is 0 Å². The third-order valence-electron chi connectivity index (χ3n) is 10.6. The van der Waals surface area contributed by atoms with Gasteiger partial charge in [-0.1, -0.05) is 189 Å². The molecule has 0 saturated heterocycles. The number of carbonyl (C=O) groups is 3. The van der Waals surface area contributed by atoms with Crippen LogP contribution in [0.5, 0.6) is 0 Å². The summed E-state index contributed by atoms with van der Waals surface area (Å²) in [7, 11) is 0. The summed E-state index contributed by atoms with van der Waals surface area (Å²) < 4.78 is 16.8. The van der Waals surface area contributed by atoms with E-state index in [9.17, 15) is 14.4 Å². The molecule has 0 amide bonds. The normalized spacial score (nSPS) is 12.9. The SMILES string of the molecule is CC/C=C\C/C=C\C/C=C\C/C=C\CCCCCCC(=O)O[C@H](COC(=O)CCCCCCC/C=C\C/C=C\C/C=C\CC)COC(=O)CCCCCCC/C=C\CCCCCC. The monoisotopic (exact) mass is 875 g/mol. The van der Waals surface area contributed by atoms with Gasteiger partial charge in [0.1, 0.15) is 13.2 Å². The Morgan fingerprint density at radius 1 is 0.333 bits per heavy atom. The lowest BCUT2D eigenvalue weighted by Crippen LogP contribution is -2.30. The standard InChI is InChI=1S/C57H94O6/c1-4-7-10-13-16-19-22-25-27-28-30-33-36-39-42-45-48-51-57(60)63-54(52-61-55(58)49-46-43-40-37-34-31-24-21-18-15-12-9-6-3)53-62-56(59)50-47-44-41-38-35-32-29-26-23-20-17-14-11-8-5-2/h7-8,10-11,16-17,19-21,24-27,29-30,33,54H,4-6,9,12-15,18,22-23,28,31-32,34-53H2,1-3H3/b10-7-,11-8-,19-16-,20-17-,24-21-,27-25-,29-26-,33-30-/t54-/m0/s1. The minimum absolute atomic E-state index is 0.0987. The van der Waals surface area contributed by atoms with Crippen LogP contribution in [0.3, 0.4) is 0 Å². The van der Waals surface area contributed by atoms with Gasteiger partial charge in [-0.2, -0.15) is 0 Å². The van der Waals surface area contributed by atoms with E-state index in [0.29, 0.717) is 19.3 Å². The van der Waals surface area contributed by atoms with Crippen molar-refractivity contribution in [2.75, 3.05) is 13.2 Å². The number of carbonyl (C=O) groups excluding carboxylic acids is 3. The Morgan fingerprint density at radius 3 is 0.984 bits per heavy atom. The third-order valence-corrected chi connectivity index (χ3v) is 10.6. The molecular weight excluding hydrogens is 781 g/mol. The molecule has 0 heterocycles. The molecule has 0 aliphatic heterocycles. The smallest absolute Gasteiger partial charge is 0.306 e. The van der Waals surface area contributed by atoms with E-state index >= 15 is 0 Å². The number of rotatable bonds is 45. The molecule has 6 heteroatoms. The predicted molar refractivity (Wildman–Crippen MR) is 270 cm³/mol. The van der Waals surface area contributed by atoms with Crippen LogP contribution in [0.1, 0.15) is 226 Å². The van der Waals surface area contributed by atoms with E-state index in [2.05, 4.69) is 118 Å². The zero-order valence-electron chi connectivity index (χ0n) is 40.8. The van der Waals surface area contributed by atoms with Gasteiger partial charge in [-0.3, -0.25) is 14.4 Å². The van der Waals surface area contributed by atoms with Crippen LogP contribution < -0.4 is 0 Å². The van der Waals surface area contributed by atoms with E-state index in [1.807, 2.05) is 0 Å². The number of allylic oxidation sites excluding steroid dienone is 16. The van der Waals surface area contributed by atoms with Crippen molar-refractivity contribution in [3.63, 3.8) is 0 Å². The van der Waals surface area contributed by atoms with Crippen molar-refractivity contribution in [3.05, 3.63) is 97.2 Å². The molecule has 63 heavy (non-hydrogen) atoms. The summed E-state index contributed by atoms with van der Waals surface area (Å²) in [6, 6.07) is 0. The molecule has 0 spiro atoms. The second-order valence-corrected chi connectivity index (χ2v) is 16.7. The lowest BCUT2D eigenvalue weighted by atomic mass is 10.1. The van der Waals surface area contributed by atoms with Gasteiger partial charge in [0.15, 0.2) is 6.10 Å². The highest BCUT2D eigenvalue weighted by Gasteiger charge is 2.19. The van der Waals surface area contributed by atoms with Crippen LogP contribution in [-0.4, -0.2) is 37.2 Å². The van der Waals surface area contributed by atoms with Gasteiger partial charge < -0.3 is 14.2 Å². The Morgan fingerprint density at radius 2 is 0.619 bits per heavy atom. The van der Waals surface area contributed by atoms with Crippen molar-refractivity contribution in [2.45, 2.75) is 232 Å². The first-order valence-corrected chi connectivity index (χ1v) is 25.7. The summed E-state index contributed by atoms with van der Waals surface area (Å²) in [4.78, 5) is 38.0. The Labute approximate surface area is 387 Å². The average molecular weight is 875 g/mol. The molecular formula is C57H94O6. The quantitative estimate of drug-likeness (QED) is 0.0262. The minimum atomic E-state index is -0.801. The van der Waals surface area contributed by atoms with E-state index in [0.717, 1.165) is 148 Å². The molecule has 0 unspecified atom stereocenters. The molecule has 0 aliphatic rings. The second-order valence-electron chi connectivity index (χ2n) is 16.7. The van der Waals surface area contributed by atoms with E-state index in [4.69, 9.17) is 14.2 Å². The molecule has 0 aromatic rings. The van der Waals surface area contributed by atoms with Gasteiger partial charge in [0.2, 0.25) is 0 Å². The number of hydrogen-bond donors (Lipinski definition) is 0. The van der Waals surface area contributed by atoms with Crippen LogP contribution in [0, 0.1) is 0 Å². The van der Waals surface area contributed by atoms with E-state index < -0.39 is 6.10 Å². The largest absolute Gasteiger partial charge is 0.462 e.